The molecule has 1 fully saturated rings. The lowest BCUT2D eigenvalue weighted by Gasteiger charge is -2.16. The molecule has 0 unspecified atom stereocenters. The lowest BCUT2D eigenvalue weighted by Crippen LogP contribution is -2.20. The van der Waals surface area contributed by atoms with Crippen LogP contribution in [0.1, 0.15) is 6.42 Å². The molecule has 5 nitrogen and oxygen atoms in total. The number of nitrogens with one attached hydrogen (secondary N) is 1. The smallest absolute Gasteiger partial charge is 0.153 e. The van der Waals surface area contributed by atoms with Gasteiger partial charge in [-0.1, -0.05) is 12.1 Å². The number of rotatable bonds is 3. The van der Waals surface area contributed by atoms with E-state index in [0.29, 0.717) is 18.8 Å². The second kappa shape index (κ2) is 5.58. The molecule has 20 heavy (non-hydrogen) atoms. The summed E-state index contributed by atoms with van der Waals surface area (Å²) in [5.41, 5.74) is 0.939. The van der Waals surface area contributed by atoms with Gasteiger partial charge in [-0.15, -0.1) is 0 Å². The van der Waals surface area contributed by atoms with Gasteiger partial charge < -0.3 is 10.2 Å². The molecular weight excluding hydrogens is 320 g/mol. The first-order chi connectivity index (χ1) is 9.72. The average molecular weight is 333 g/mol. The Hall–Kier alpha value is -1.95. The van der Waals surface area contributed by atoms with E-state index in [1.54, 1.807) is 0 Å². The summed E-state index contributed by atoms with van der Waals surface area (Å²) in [4.78, 5) is 21.8. The maximum atomic E-state index is 11.3. The molecule has 1 aliphatic rings. The molecular formula is C14H13BrN4O. The van der Waals surface area contributed by atoms with Gasteiger partial charge in [0, 0.05) is 23.5 Å². The van der Waals surface area contributed by atoms with E-state index >= 15 is 0 Å². The number of nitrogens with zero attached hydrogens (tertiary/aromatic N) is 3. The highest BCUT2D eigenvalue weighted by Gasteiger charge is 2.20. The molecule has 2 heterocycles. The van der Waals surface area contributed by atoms with Crippen LogP contribution in [0, 0.1) is 0 Å². The van der Waals surface area contributed by atoms with Gasteiger partial charge in [0.15, 0.2) is 5.78 Å². The van der Waals surface area contributed by atoms with Gasteiger partial charge in [0.2, 0.25) is 0 Å². The van der Waals surface area contributed by atoms with Gasteiger partial charge in [-0.2, -0.15) is 0 Å². The summed E-state index contributed by atoms with van der Waals surface area (Å²) in [5.74, 6) is 1.74. The van der Waals surface area contributed by atoms with E-state index in [2.05, 4.69) is 31.2 Å². The average Bonchev–Trinajstić information content (AvgIpc) is 2.89. The molecule has 1 saturated heterocycles. The number of para-hydroxylation sites is 1. The van der Waals surface area contributed by atoms with E-state index in [9.17, 15) is 4.79 Å². The topological polar surface area (TPSA) is 58.1 Å². The molecule has 102 valence electrons. The Balaban J connectivity index is 1.81. The summed E-state index contributed by atoms with van der Waals surface area (Å²) >= 11 is 3.49. The standard InChI is InChI=1S/C14H13BrN4O/c15-11-3-1-2-4-12(11)18-13-7-14(17-9-16-13)19-6-5-10(20)8-19/h1-4,7,9H,5-6,8H2,(H,16,17,18). The maximum absolute atomic E-state index is 11.3. The van der Waals surface area contributed by atoms with Gasteiger partial charge in [-0.3, -0.25) is 4.79 Å². The summed E-state index contributed by atoms with van der Waals surface area (Å²) in [6, 6.07) is 9.69. The number of Topliss-reactive ketones (excluding diaryl/α,β-unsaturated/α-hetero) is 1. The number of ketones is 1. The lowest BCUT2D eigenvalue weighted by atomic mass is 10.3. The van der Waals surface area contributed by atoms with E-state index < -0.39 is 0 Å². The van der Waals surface area contributed by atoms with Gasteiger partial charge in [0.05, 0.1) is 12.2 Å². The van der Waals surface area contributed by atoms with E-state index in [-0.39, 0.29) is 5.78 Å². The fourth-order valence-corrected chi connectivity index (χ4v) is 2.50. The number of benzene rings is 1. The monoisotopic (exact) mass is 332 g/mol. The Bertz CT molecular complexity index is 647. The number of hydrogen-bond donors (Lipinski definition) is 1. The van der Waals surface area contributed by atoms with Crippen molar-refractivity contribution in [3.63, 3.8) is 0 Å². The molecule has 1 aromatic heterocycles. The van der Waals surface area contributed by atoms with Gasteiger partial charge in [-0.05, 0) is 28.1 Å². The third-order valence-electron chi connectivity index (χ3n) is 3.14. The first-order valence-electron chi connectivity index (χ1n) is 6.32. The number of halogens is 1. The van der Waals surface area contributed by atoms with Crippen molar-refractivity contribution in [2.24, 2.45) is 0 Å². The number of anilines is 3. The van der Waals surface area contributed by atoms with Crippen LogP contribution in [0.15, 0.2) is 41.1 Å². The number of carbonyl (C=O) groups is 1. The highest BCUT2D eigenvalue weighted by molar-refractivity contribution is 9.10. The molecule has 1 aromatic carbocycles. The van der Waals surface area contributed by atoms with Crippen LogP contribution >= 0.6 is 15.9 Å². The van der Waals surface area contributed by atoms with Crippen LogP contribution in [0.5, 0.6) is 0 Å². The molecule has 0 bridgehead atoms. The largest absolute Gasteiger partial charge is 0.349 e. The van der Waals surface area contributed by atoms with Crippen LogP contribution in [0.2, 0.25) is 0 Å². The third-order valence-corrected chi connectivity index (χ3v) is 3.83. The van der Waals surface area contributed by atoms with Crippen molar-refractivity contribution in [1.82, 2.24) is 9.97 Å². The number of aromatic nitrogens is 2. The molecule has 0 radical (unpaired) electrons. The van der Waals surface area contributed by atoms with Gasteiger partial charge >= 0.3 is 0 Å². The minimum absolute atomic E-state index is 0.254. The van der Waals surface area contributed by atoms with Gasteiger partial charge in [-0.25, -0.2) is 9.97 Å². The molecule has 6 heteroatoms. The molecule has 0 amide bonds. The Labute approximate surface area is 125 Å². The van der Waals surface area contributed by atoms with E-state index in [0.717, 1.165) is 22.5 Å². The fraction of sp³-hybridized carbons (Fsp3) is 0.214. The Kier molecular flexibility index (Phi) is 3.64. The van der Waals surface area contributed by atoms with Crippen molar-refractivity contribution in [2.45, 2.75) is 6.42 Å². The molecule has 0 saturated carbocycles. The fourth-order valence-electron chi connectivity index (χ4n) is 2.12. The molecule has 0 atom stereocenters. The van der Waals surface area contributed by atoms with Crippen molar-refractivity contribution >= 4 is 39.0 Å². The highest BCUT2D eigenvalue weighted by atomic mass is 79.9. The molecule has 1 N–H and O–H groups in total. The van der Waals surface area contributed by atoms with Crippen LogP contribution in [-0.2, 0) is 4.79 Å². The van der Waals surface area contributed by atoms with Crippen molar-refractivity contribution < 1.29 is 4.79 Å². The molecule has 3 rings (SSSR count). The van der Waals surface area contributed by atoms with Crippen LogP contribution < -0.4 is 10.2 Å². The second-order valence-electron chi connectivity index (χ2n) is 4.58. The normalized spacial score (nSPS) is 14.7. The zero-order valence-corrected chi connectivity index (χ0v) is 12.3. The van der Waals surface area contributed by atoms with E-state index in [4.69, 9.17) is 0 Å². The first-order valence-corrected chi connectivity index (χ1v) is 7.12. The van der Waals surface area contributed by atoms with Gasteiger partial charge in [0.25, 0.3) is 0 Å². The summed E-state index contributed by atoms with van der Waals surface area (Å²) in [6.45, 7) is 1.16. The summed E-state index contributed by atoms with van der Waals surface area (Å²) in [7, 11) is 0. The van der Waals surface area contributed by atoms with Crippen LogP contribution in [-0.4, -0.2) is 28.8 Å². The van der Waals surface area contributed by atoms with Gasteiger partial charge in [0.1, 0.15) is 18.0 Å². The van der Waals surface area contributed by atoms with E-state index in [1.807, 2.05) is 35.2 Å². The SMILES string of the molecule is O=C1CCN(c2cc(Nc3ccccc3Br)ncn2)C1. The molecule has 2 aromatic rings. The zero-order chi connectivity index (χ0) is 13.9. The quantitative estimate of drug-likeness (QED) is 0.936. The van der Waals surface area contributed by atoms with Crippen molar-refractivity contribution in [2.75, 3.05) is 23.3 Å². The van der Waals surface area contributed by atoms with Crippen LogP contribution in [0.4, 0.5) is 17.3 Å². The second-order valence-corrected chi connectivity index (χ2v) is 5.43. The summed E-state index contributed by atoms with van der Waals surface area (Å²) in [5, 5.41) is 3.24. The lowest BCUT2D eigenvalue weighted by molar-refractivity contribution is -0.116. The maximum Gasteiger partial charge on any atom is 0.153 e. The molecule has 1 aliphatic heterocycles. The van der Waals surface area contributed by atoms with Crippen LogP contribution in [0.3, 0.4) is 0 Å². The summed E-state index contributed by atoms with van der Waals surface area (Å²) in [6.07, 6.45) is 2.11. The van der Waals surface area contributed by atoms with Crippen LogP contribution in [0.25, 0.3) is 0 Å². The third kappa shape index (κ3) is 2.80. The Morgan fingerprint density at radius 1 is 1.25 bits per heavy atom. The predicted molar refractivity (Wildman–Crippen MR) is 81.3 cm³/mol. The molecule has 0 aliphatic carbocycles. The molecule has 0 spiro atoms. The van der Waals surface area contributed by atoms with E-state index in [1.165, 1.54) is 6.33 Å². The minimum atomic E-state index is 0.254. The number of hydrogen-bond acceptors (Lipinski definition) is 5. The zero-order valence-electron chi connectivity index (χ0n) is 10.7. The minimum Gasteiger partial charge on any atom is -0.349 e. The van der Waals surface area contributed by atoms with Crippen molar-refractivity contribution in [3.8, 4) is 0 Å². The highest BCUT2D eigenvalue weighted by Crippen LogP contribution is 2.26. The Morgan fingerprint density at radius 3 is 2.85 bits per heavy atom. The van der Waals surface area contributed by atoms with Crippen molar-refractivity contribution in [1.29, 1.82) is 0 Å². The predicted octanol–water partition coefficient (Wildman–Crippen LogP) is 2.76. The first kappa shape index (κ1) is 13.1. The Morgan fingerprint density at radius 2 is 2.10 bits per heavy atom. The number of carbonyl (C=O) groups excluding carboxylic acids is 1. The van der Waals surface area contributed by atoms with Crippen molar-refractivity contribution in [3.05, 3.63) is 41.1 Å². The summed E-state index contributed by atoms with van der Waals surface area (Å²) < 4.78 is 0.969.